The summed E-state index contributed by atoms with van der Waals surface area (Å²) in [5.41, 5.74) is 6.49. The summed E-state index contributed by atoms with van der Waals surface area (Å²) in [5, 5.41) is 5.42. The van der Waals surface area contributed by atoms with Gasteiger partial charge in [-0.25, -0.2) is 14.5 Å². The maximum Gasteiger partial charge on any atom is 0.323 e. The summed E-state index contributed by atoms with van der Waals surface area (Å²) in [7, 11) is -1.10. The summed E-state index contributed by atoms with van der Waals surface area (Å²) in [4.78, 5) is 24.2. The van der Waals surface area contributed by atoms with Crippen LogP contribution in [0.5, 0.6) is 0 Å². The van der Waals surface area contributed by atoms with E-state index in [4.69, 9.17) is 19.7 Å². The standard InChI is InChI=1S/C17H27FN7O5P/c1-8(2)29-16(26)9(3)24-31(27)28-6-10-5-11(18)15(30-10)25-7-21-12-13(20-4)22-17(19)23-14(12)25/h7-11,15,31H,5-6H2,1-4H3,(H,24,27)(H3,19,20,22,23)/t9?,10?,11-,15?/m0/s1. The molecule has 2 aromatic heterocycles. The van der Waals surface area contributed by atoms with E-state index in [1.54, 1.807) is 20.9 Å². The number of ether oxygens (including phenoxy) is 2. The van der Waals surface area contributed by atoms with Crippen molar-refractivity contribution in [1.29, 1.82) is 0 Å². The molecule has 0 aromatic carbocycles. The zero-order chi connectivity index (χ0) is 22.7. The normalized spacial score (nSPS) is 23.2. The smallest absolute Gasteiger partial charge is 0.323 e. The highest BCUT2D eigenvalue weighted by atomic mass is 31.1. The highest BCUT2D eigenvalue weighted by Crippen LogP contribution is 2.35. The number of hydrogen-bond acceptors (Lipinski definition) is 10. The number of carbonyl (C=O) groups is 1. The van der Waals surface area contributed by atoms with Gasteiger partial charge in [0.25, 0.3) is 8.18 Å². The van der Waals surface area contributed by atoms with Crippen LogP contribution in [0.2, 0.25) is 0 Å². The lowest BCUT2D eigenvalue weighted by Crippen LogP contribution is -2.33. The van der Waals surface area contributed by atoms with Crippen LogP contribution in [0.15, 0.2) is 6.33 Å². The van der Waals surface area contributed by atoms with Gasteiger partial charge >= 0.3 is 5.97 Å². The van der Waals surface area contributed by atoms with Crippen molar-refractivity contribution in [1.82, 2.24) is 24.6 Å². The Morgan fingerprint density at radius 2 is 2.19 bits per heavy atom. The van der Waals surface area contributed by atoms with Gasteiger partial charge in [-0.3, -0.25) is 13.9 Å². The van der Waals surface area contributed by atoms with Crippen molar-refractivity contribution in [3.63, 3.8) is 0 Å². The summed E-state index contributed by atoms with van der Waals surface area (Å²) >= 11 is 0. The Bertz CT molecular complexity index is 958. The van der Waals surface area contributed by atoms with Gasteiger partial charge in [0.05, 0.1) is 25.1 Å². The molecule has 4 unspecified atom stereocenters. The zero-order valence-corrected chi connectivity index (χ0v) is 18.7. The van der Waals surface area contributed by atoms with E-state index in [1.807, 2.05) is 0 Å². The van der Waals surface area contributed by atoms with Crippen molar-refractivity contribution in [3.05, 3.63) is 6.33 Å². The fourth-order valence-electron chi connectivity index (χ4n) is 3.13. The number of aromatic nitrogens is 4. The van der Waals surface area contributed by atoms with Gasteiger partial charge in [0, 0.05) is 13.5 Å². The number of imidazole rings is 1. The minimum Gasteiger partial charge on any atom is -0.462 e. The fourth-order valence-corrected chi connectivity index (χ4v) is 4.02. The number of nitrogen functional groups attached to an aromatic ring is 1. The van der Waals surface area contributed by atoms with Gasteiger partial charge in [0.2, 0.25) is 5.95 Å². The molecule has 1 saturated heterocycles. The summed E-state index contributed by atoms with van der Waals surface area (Å²) in [6, 6.07) is -0.802. The Morgan fingerprint density at radius 1 is 1.45 bits per heavy atom. The van der Waals surface area contributed by atoms with Crippen LogP contribution in [-0.4, -0.2) is 63.6 Å². The Balaban J connectivity index is 1.59. The Morgan fingerprint density at radius 3 is 2.87 bits per heavy atom. The molecule has 1 fully saturated rings. The quantitative estimate of drug-likeness (QED) is 0.368. The number of anilines is 2. The van der Waals surface area contributed by atoms with Crippen LogP contribution < -0.4 is 16.1 Å². The number of hydrogen-bond donors (Lipinski definition) is 3. The van der Waals surface area contributed by atoms with Crippen LogP contribution in [0.4, 0.5) is 16.2 Å². The number of alkyl halides is 1. The molecule has 0 radical (unpaired) electrons. The molecule has 12 nitrogen and oxygen atoms in total. The maximum absolute atomic E-state index is 14.7. The molecule has 0 bridgehead atoms. The highest BCUT2D eigenvalue weighted by molar-refractivity contribution is 7.36. The van der Waals surface area contributed by atoms with Crippen molar-refractivity contribution >= 4 is 37.1 Å². The monoisotopic (exact) mass is 459 g/mol. The van der Waals surface area contributed by atoms with Crippen molar-refractivity contribution in [2.45, 2.75) is 57.8 Å². The second-order valence-electron chi connectivity index (χ2n) is 7.35. The number of nitrogens with zero attached hydrogens (tertiary/aromatic N) is 4. The lowest BCUT2D eigenvalue weighted by molar-refractivity contribution is -0.149. The van der Waals surface area contributed by atoms with Crippen LogP contribution in [0.25, 0.3) is 11.2 Å². The number of carbonyl (C=O) groups excluding carboxylic acids is 1. The van der Waals surface area contributed by atoms with E-state index in [9.17, 15) is 13.8 Å². The minimum atomic E-state index is -2.76. The molecule has 1 aliphatic heterocycles. The molecular formula is C17H27FN7O5P. The molecule has 0 aliphatic carbocycles. The van der Waals surface area contributed by atoms with E-state index < -0.39 is 38.7 Å². The number of fused-ring (bicyclic) bond motifs is 1. The van der Waals surface area contributed by atoms with E-state index in [2.05, 4.69) is 25.4 Å². The molecule has 0 spiro atoms. The molecule has 1 aliphatic rings. The van der Waals surface area contributed by atoms with Crippen molar-refractivity contribution in [2.24, 2.45) is 0 Å². The Hall–Kier alpha value is -2.34. The third-order valence-corrected chi connectivity index (χ3v) is 5.62. The first kappa shape index (κ1) is 23.3. The van der Waals surface area contributed by atoms with Gasteiger partial charge in [-0.05, 0) is 20.8 Å². The van der Waals surface area contributed by atoms with Crippen LogP contribution >= 0.6 is 8.18 Å². The molecule has 172 valence electrons. The van der Waals surface area contributed by atoms with E-state index >= 15 is 0 Å². The molecule has 0 amide bonds. The van der Waals surface area contributed by atoms with Gasteiger partial charge in [0.1, 0.15) is 12.2 Å². The predicted molar refractivity (Wildman–Crippen MR) is 111 cm³/mol. The van der Waals surface area contributed by atoms with Crippen LogP contribution in [0.1, 0.15) is 33.4 Å². The maximum atomic E-state index is 14.7. The third kappa shape index (κ3) is 5.48. The summed E-state index contributed by atoms with van der Waals surface area (Å²) < 4.78 is 44.3. The highest BCUT2D eigenvalue weighted by Gasteiger charge is 2.38. The van der Waals surface area contributed by atoms with Gasteiger partial charge in [-0.2, -0.15) is 9.97 Å². The van der Waals surface area contributed by atoms with E-state index in [1.165, 1.54) is 17.8 Å². The van der Waals surface area contributed by atoms with E-state index in [-0.39, 0.29) is 25.1 Å². The first-order chi connectivity index (χ1) is 14.7. The number of esters is 1. The molecular weight excluding hydrogens is 432 g/mol. The molecule has 4 N–H and O–H groups in total. The molecule has 0 saturated carbocycles. The van der Waals surface area contributed by atoms with Crippen molar-refractivity contribution in [3.8, 4) is 0 Å². The average molecular weight is 459 g/mol. The van der Waals surface area contributed by atoms with Gasteiger partial charge < -0.3 is 25.0 Å². The lowest BCUT2D eigenvalue weighted by Gasteiger charge is -2.17. The van der Waals surface area contributed by atoms with Crippen LogP contribution in [0.3, 0.4) is 0 Å². The lowest BCUT2D eigenvalue weighted by atomic mass is 10.2. The molecule has 14 heteroatoms. The second kappa shape index (κ2) is 9.86. The third-order valence-electron chi connectivity index (χ3n) is 4.52. The van der Waals surface area contributed by atoms with Crippen LogP contribution in [0, 0.1) is 0 Å². The van der Waals surface area contributed by atoms with E-state index in [0.29, 0.717) is 17.0 Å². The first-order valence-corrected chi connectivity index (χ1v) is 11.1. The molecule has 3 rings (SSSR count). The predicted octanol–water partition coefficient (Wildman–Crippen LogP) is 1.41. The fraction of sp³-hybridized carbons (Fsp3) is 0.647. The second-order valence-corrected chi connectivity index (χ2v) is 8.51. The average Bonchev–Trinajstić information content (AvgIpc) is 3.27. The Kier molecular flexibility index (Phi) is 7.42. The van der Waals surface area contributed by atoms with E-state index in [0.717, 1.165) is 0 Å². The van der Waals surface area contributed by atoms with Gasteiger partial charge in [-0.1, -0.05) is 0 Å². The van der Waals surface area contributed by atoms with Gasteiger partial charge in [0.15, 0.2) is 23.2 Å². The number of nitrogens with two attached hydrogens (primary N) is 1. The van der Waals surface area contributed by atoms with Crippen molar-refractivity contribution in [2.75, 3.05) is 24.7 Å². The molecule has 3 heterocycles. The molecule has 31 heavy (non-hydrogen) atoms. The topological polar surface area (TPSA) is 156 Å². The first-order valence-electron chi connectivity index (χ1n) is 9.80. The number of halogens is 1. The summed E-state index contributed by atoms with van der Waals surface area (Å²) in [6.45, 7) is 4.84. The number of rotatable bonds is 9. The SMILES string of the molecule is CNc1nc(N)nc2c1ncn2C1OC(CO[PH](=O)NC(C)C(=O)OC(C)C)C[C@@H]1F. The Labute approximate surface area is 179 Å². The van der Waals surface area contributed by atoms with Crippen LogP contribution in [-0.2, 0) is 23.4 Å². The number of nitrogens with one attached hydrogen (secondary N) is 2. The summed E-state index contributed by atoms with van der Waals surface area (Å²) in [5.74, 6) is -0.0989. The van der Waals surface area contributed by atoms with Crippen molar-refractivity contribution < 1.29 is 27.7 Å². The van der Waals surface area contributed by atoms with Gasteiger partial charge in [-0.15, -0.1) is 0 Å². The summed E-state index contributed by atoms with van der Waals surface area (Å²) in [6.07, 6.45) is -1.84. The molecule has 5 atom stereocenters. The molecule has 2 aromatic rings. The minimum absolute atomic E-state index is 0.0154. The largest absolute Gasteiger partial charge is 0.462 e. The zero-order valence-electron chi connectivity index (χ0n) is 17.7.